The maximum absolute atomic E-state index is 10.0. The molecule has 0 bridgehead atoms. The summed E-state index contributed by atoms with van der Waals surface area (Å²) in [6.07, 6.45) is 3.16. The first-order valence-electron chi connectivity index (χ1n) is 9.12. The van der Waals surface area contributed by atoms with Gasteiger partial charge in [0.05, 0.1) is 7.28 Å². The van der Waals surface area contributed by atoms with Crippen LogP contribution in [0.1, 0.15) is 60.8 Å². The quantitative estimate of drug-likeness (QED) is 0.330. The van der Waals surface area contributed by atoms with Crippen LogP contribution in [0.15, 0.2) is 24.2 Å². The molecule has 0 aromatic heterocycles. The summed E-state index contributed by atoms with van der Waals surface area (Å²) in [6, 6.07) is 6.59. The number of benzene rings is 1. The number of hydrogen-bond donors (Lipinski definition) is 0. The molecular formula is C20H38N3OW3-3. The molecule has 1 amide bonds. The Bertz CT molecular complexity index is 429. The zero-order chi connectivity index (χ0) is 20.3. The summed E-state index contributed by atoms with van der Waals surface area (Å²) in [5.41, 5.74) is 1.86. The van der Waals surface area contributed by atoms with Crippen LogP contribution >= 0.6 is 0 Å². The fraction of sp³-hybridized carbons (Fsp3) is 0.650. The summed E-state index contributed by atoms with van der Waals surface area (Å²) in [5, 5.41) is 11.3. The number of nitrogens with zero attached hydrogens (tertiary/aromatic N) is 3. The maximum Gasteiger partial charge on any atom is 0.0625 e. The van der Waals surface area contributed by atoms with Crippen molar-refractivity contribution in [2.45, 2.75) is 66.8 Å². The van der Waals surface area contributed by atoms with Crippen LogP contribution in [0.4, 0.5) is 5.69 Å². The maximum atomic E-state index is 10.0. The average molecular weight is 889 g/mol. The summed E-state index contributed by atoms with van der Waals surface area (Å²) in [7, 11) is 5.07. The Hall–Kier alpha value is 0.515. The van der Waals surface area contributed by atoms with Gasteiger partial charge in [0.15, 0.2) is 0 Å². The number of amides is 1. The van der Waals surface area contributed by atoms with E-state index in [1.807, 2.05) is 26.1 Å². The van der Waals surface area contributed by atoms with Crippen molar-refractivity contribution >= 4 is 11.6 Å². The van der Waals surface area contributed by atoms with Crippen LogP contribution in [-0.4, -0.2) is 33.1 Å². The first-order chi connectivity index (χ1) is 11.7. The van der Waals surface area contributed by atoms with E-state index in [1.54, 1.807) is 20.0 Å². The largest absolute Gasteiger partial charge is 0.687 e. The van der Waals surface area contributed by atoms with Crippen LogP contribution in [-0.2, 0) is 68.0 Å². The predicted molar refractivity (Wildman–Crippen MR) is 110 cm³/mol. The molecule has 0 aliphatic rings. The summed E-state index contributed by atoms with van der Waals surface area (Å²) >= 11 is 0. The van der Waals surface area contributed by atoms with Crippen molar-refractivity contribution in [3.05, 3.63) is 45.8 Å². The van der Waals surface area contributed by atoms with Crippen molar-refractivity contribution in [3.8, 4) is 0 Å². The second-order valence-electron chi connectivity index (χ2n) is 5.23. The minimum absolute atomic E-state index is 0. The second kappa shape index (κ2) is 34.1. The average Bonchev–Trinajstić information content (AvgIpc) is 2.64. The van der Waals surface area contributed by atoms with Gasteiger partial charge in [-0.15, -0.1) is 25.8 Å². The molecule has 0 radical (unpaired) electrons. The summed E-state index contributed by atoms with van der Waals surface area (Å²) in [4.78, 5) is 10.0. The van der Waals surface area contributed by atoms with Gasteiger partial charge in [0.2, 0.25) is 0 Å². The molecule has 1 aromatic rings. The zero-order valence-corrected chi connectivity index (χ0v) is 27.2. The Balaban J connectivity index is -0.0000000595. The molecule has 0 fully saturated rings. The molecule has 0 aliphatic carbocycles. The van der Waals surface area contributed by atoms with Crippen LogP contribution < -0.4 is 0 Å². The zero-order valence-electron chi connectivity index (χ0n) is 19.4. The Morgan fingerprint density at radius 1 is 1.04 bits per heavy atom. The topological polar surface area (TPSA) is 59.4 Å². The van der Waals surface area contributed by atoms with Crippen molar-refractivity contribution in [1.82, 2.24) is 0 Å². The summed E-state index contributed by atoms with van der Waals surface area (Å²) in [6.45, 7) is 12.2. The number of para-hydroxylation sites is 1. The van der Waals surface area contributed by atoms with Gasteiger partial charge in [0.1, 0.15) is 0 Å². The molecule has 160 valence electrons. The predicted octanol–water partition coefficient (Wildman–Crippen LogP) is 6.75. The van der Waals surface area contributed by atoms with E-state index in [0.29, 0.717) is 18.5 Å². The van der Waals surface area contributed by atoms with Gasteiger partial charge in [-0.05, 0) is 13.3 Å². The standard InChI is InChI=1S/C8H10N.C4H9NO.C4H10N.C4H10.3W/c1-7-5-3-4-6-8(7)9-2;1-3-4(6)5-2;1-4(2)5-3;1-3-4-2;;;/h3-6H,1-2H3;3H2,1-2H3,(H,5,6);4H,1-3H3;3-4H2,1-2H3;;;/q-1;;-1;;;;/p-1/i5D;;;;;;. The molecule has 0 spiro atoms. The molecule has 1 aromatic carbocycles. The summed E-state index contributed by atoms with van der Waals surface area (Å²) in [5.74, 6) is -0.0324. The SMILES string of the molecule is CCC(=O)[N-]C.CCCC.C[N-]C(C)C.[2H]c1cccc([N-]C)c1C.[W].[W].[W]. The second-order valence-corrected chi connectivity index (χ2v) is 5.23. The fourth-order valence-corrected chi connectivity index (χ4v) is 0.912. The third-order valence-corrected chi connectivity index (χ3v) is 2.84. The Morgan fingerprint density at radius 2 is 1.48 bits per heavy atom. The smallest absolute Gasteiger partial charge is 0.0625 e. The number of unbranched alkanes of at least 4 members (excludes halogenated alkanes) is 1. The molecule has 1 rings (SSSR count). The van der Waals surface area contributed by atoms with Gasteiger partial charge in [-0.1, -0.05) is 77.3 Å². The van der Waals surface area contributed by atoms with E-state index in [2.05, 4.69) is 43.6 Å². The molecule has 0 N–H and O–H groups in total. The Kier molecular flexibility index (Phi) is 48.1. The number of carbonyl (C=O) groups is 1. The first kappa shape index (κ1) is 38.2. The van der Waals surface area contributed by atoms with Gasteiger partial charge in [-0.2, -0.15) is 7.05 Å². The molecule has 0 aliphatic heterocycles. The molecule has 7 heteroatoms. The molecular weight excluding hydrogens is 850 g/mol. The first-order valence-corrected chi connectivity index (χ1v) is 8.62. The van der Waals surface area contributed by atoms with E-state index in [-0.39, 0.29) is 69.1 Å². The van der Waals surface area contributed by atoms with Crippen molar-refractivity contribution in [2.75, 3.05) is 21.1 Å². The van der Waals surface area contributed by atoms with Crippen molar-refractivity contribution in [3.63, 3.8) is 0 Å². The fourth-order valence-electron chi connectivity index (χ4n) is 0.912. The van der Waals surface area contributed by atoms with Crippen molar-refractivity contribution in [2.24, 2.45) is 0 Å². The molecule has 4 nitrogen and oxygen atoms in total. The minimum Gasteiger partial charge on any atom is -0.687 e. The van der Waals surface area contributed by atoms with Gasteiger partial charge in [0, 0.05) is 63.2 Å². The normalized spacial score (nSPS) is 8.15. The third-order valence-electron chi connectivity index (χ3n) is 2.84. The minimum atomic E-state index is -0.0324. The Labute approximate surface area is 213 Å². The van der Waals surface area contributed by atoms with Gasteiger partial charge in [-0.25, -0.2) is 0 Å². The van der Waals surface area contributed by atoms with Gasteiger partial charge < -0.3 is 20.7 Å². The van der Waals surface area contributed by atoms with Crippen LogP contribution in [0.25, 0.3) is 16.0 Å². The number of carbonyl (C=O) groups excluding carboxylic acids is 1. The number of hydrogen-bond acceptors (Lipinski definition) is 1. The van der Waals surface area contributed by atoms with E-state index in [0.717, 1.165) is 11.3 Å². The van der Waals surface area contributed by atoms with E-state index >= 15 is 0 Å². The van der Waals surface area contributed by atoms with Crippen LogP contribution in [0, 0.1) is 6.92 Å². The van der Waals surface area contributed by atoms with E-state index in [1.165, 1.54) is 19.9 Å². The van der Waals surface area contributed by atoms with Crippen molar-refractivity contribution < 1.29 is 69.4 Å². The van der Waals surface area contributed by atoms with E-state index in [9.17, 15) is 4.79 Å². The third kappa shape index (κ3) is 37.9. The molecule has 0 atom stereocenters. The summed E-state index contributed by atoms with van der Waals surface area (Å²) < 4.78 is 7.40. The van der Waals surface area contributed by atoms with Gasteiger partial charge in [-0.3, -0.25) is 0 Å². The van der Waals surface area contributed by atoms with E-state index < -0.39 is 0 Å². The monoisotopic (exact) mass is 889 g/mol. The number of rotatable bonds is 4. The molecule has 0 heterocycles. The van der Waals surface area contributed by atoms with E-state index in [4.69, 9.17) is 1.37 Å². The van der Waals surface area contributed by atoms with Crippen LogP contribution in [0.3, 0.4) is 0 Å². The Morgan fingerprint density at radius 3 is 1.67 bits per heavy atom. The molecule has 0 unspecified atom stereocenters. The molecule has 0 saturated carbocycles. The van der Waals surface area contributed by atoms with Crippen LogP contribution in [0.2, 0.25) is 0 Å². The molecule has 27 heavy (non-hydrogen) atoms. The van der Waals surface area contributed by atoms with Crippen LogP contribution in [0.5, 0.6) is 0 Å². The van der Waals surface area contributed by atoms with Gasteiger partial charge >= 0.3 is 0 Å². The van der Waals surface area contributed by atoms with Crippen molar-refractivity contribution in [1.29, 1.82) is 0 Å². The molecule has 0 saturated heterocycles. The van der Waals surface area contributed by atoms with Gasteiger partial charge in [0.25, 0.3) is 0 Å².